The molecule has 1 aromatic heterocycles. The molecule has 3 nitrogen and oxygen atoms in total. The van der Waals surface area contributed by atoms with E-state index in [1.807, 2.05) is 22.9 Å². The average molecular weight is 250 g/mol. The second-order valence-corrected chi connectivity index (χ2v) is 4.28. The Kier molecular flexibility index (Phi) is 4.15. The predicted octanol–water partition coefficient (Wildman–Crippen LogP) is 3.02. The molecule has 17 heavy (non-hydrogen) atoms. The molecule has 0 amide bonds. The van der Waals surface area contributed by atoms with E-state index in [1.54, 1.807) is 0 Å². The van der Waals surface area contributed by atoms with Gasteiger partial charge in [0.2, 0.25) is 0 Å². The topological polar surface area (TPSA) is 30.7 Å². The monoisotopic (exact) mass is 249 g/mol. The van der Waals surface area contributed by atoms with Crippen molar-refractivity contribution in [3.8, 4) is 0 Å². The fraction of sp³-hybridized carbons (Fsp3) is 0.385. The average Bonchev–Trinajstić information content (AvgIpc) is 2.74. The summed E-state index contributed by atoms with van der Waals surface area (Å²) in [6, 6.07) is 10.3. The first-order valence-corrected chi connectivity index (χ1v) is 6.39. The Bertz CT molecular complexity index is 465. The van der Waals surface area contributed by atoms with E-state index in [1.165, 1.54) is 5.56 Å². The summed E-state index contributed by atoms with van der Waals surface area (Å²) in [5.41, 5.74) is 3.30. The standard InChI is InChI=1S/C13H16ClN3/c1-2-6-13-12(9-14)15-16-17(13)10-11-7-4-3-5-8-11/h3-5,7-8H,2,6,9-10H2,1H3. The van der Waals surface area contributed by atoms with Gasteiger partial charge in [0.15, 0.2) is 0 Å². The molecule has 0 saturated carbocycles. The molecule has 2 aromatic rings. The molecule has 0 radical (unpaired) electrons. The molecular weight excluding hydrogens is 234 g/mol. The molecule has 0 aliphatic carbocycles. The smallest absolute Gasteiger partial charge is 0.101 e. The van der Waals surface area contributed by atoms with E-state index in [0.717, 1.165) is 30.8 Å². The van der Waals surface area contributed by atoms with Gasteiger partial charge in [0.1, 0.15) is 5.69 Å². The van der Waals surface area contributed by atoms with E-state index in [2.05, 4.69) is 29.4 Å². The number of hydrogen-bond donors (Lipinski definition) is 0. The molecule has 0 spiro atoms. The van der Waals surface area contributed by atoms with Crippen molar-refractivity contribution >= 4 is 11.6 Å². The van der Waals surface area contributed by atoms with Crippen LogP contribution in [0, 0.1) is 0 Å². The minimum atomic E-state index is 0.435. The molecule has 0 aliphatic heterocycles. The van der Waals surface area contributed by atoms with Crippen LogP contribution in [-0.4, -0.2) is 15.0 Å². The lowest BCUT2D eigenvalue weighted by atomic mass is 10.2. The van der Waals surface area contributed by atoms with E-state index < -0.39 is 0 Å². The highest BCUT2D eigenvalue weighted by Gasteiger charge is 2.11. The molecule has 0 fully saturated rings. The summed E-state index contributed by atoms with van der Waals surface area (Å²) in [5, 5.41) is 8.31. The van der Waals surface area contributed by atoms with Crippen LogP contribution in [0.25, 0.3) is 0 Å². The van der Waals surface area contributed by atoms with Gasteiger partial charge in [-0.1, -0.05) is 48.9 Å². The van der Waals surface area contributed by atoms with Crippen molar-refractivity contribution in [1.82, 2.24) is 15.0 Å². The molecule has 2 rings (SSSR count). The van der Waals surface area contributed by atoms with Crippen molar-refractivity contribution in [2.45, 2.75) is 32.2 Å². The summed E-state index contributed by atoms with van der Waals surface area (Å²) in [6.45, 7) is 2.91. The highest BCUT2D eigenvalue weighted by atomic mass is 35.5. The molecule has 0 atom stereocenters. The van der Waals surface area contributed by atoms with E-state index in [0.29, 0.717) is 5.88 Å². The Balaban J connectivity index is 2.23. The fourth-order valence-corrected chi connectivity index (χ4v) is 2.07. The lowest BCUT2D eigenvalue weighted by Gasteiger charge is -2.06. The molecule has 1 aromatic carbocycles. The Morgan fingerprint density at radius 2 is 2.00 bits per heavy atom. The third kappa shape index (κ3) is 2.86. The van der Waals surface area contributed by atoms with Gasteiger partial charge < -0.3 is 0 Å². The van der Waals surface area contributed by atoms with Crippen molar-refractivity contribution in [2.75, 3.05) is 0 Å². The normalized spacial score (nSPS) is 10.7. The summed E-state index contributed by atoms with van der Waals surface area (Å²) in [7, 11) is 0. The van der Waals surface area contributed by atoms with Gasteiger partial charge in [-0.3, -0.25) is 0 Å². The molecule has 90 valence electrons. The van der Waals surface area contributed by atoms with Crippen LogP contribution in [0.1, 0.15) is 30.3 Å². The first-order chi connectivity index (χ1) is 8.35. The zero-order valence-electron chi connectivity index (χ0n) is 9.93. The summed E-state index contributed by atoms with van der Waals surface area (Å²) < 4.78 is 1.95. The highest BCUT2D eigenvalue weighted by Crippen LogP contribution is 2.12. The van der Waals surface area contributed by atoms with E-state index in [4.69, 9.17) is 11.6 Å². The van der Waals surface area contributed by atoms with Gasteiger partial charge in [0, 0.05) is 0 Å². The van der Waals surface area contributed by atoms with Gasteiger partial charge in [0.25, 0.3) is 0 Å². The van der Waals surface area contributed by atoms with Crippen LogP contribution in [0.2, 0.25) is 0 Å². The maximum Gasteiger partial charge on any atom is 0.101 e. The van der Waals surface area contributed by atoms with Gasteiger partial charge in [-0.15, -0.1) is 16.7 Å². The SMILES string of the molecule is CCCc1c(CCl)nnn1Cc1ccccc1. The molecule has 0 bridgehead atoms. The quantitative estimate of drug-likeness (QED) is 0.763. The number of aromatic nitrogens is 3. The largest absolute Gasteiger partial charge is 0.245 e. The fourth-order valence-electron chi connectivity index (χ4n) is 1.87. The predicted molar refractivity (Wildman–Crippen MR) is 69.1 cm³/mol. The number of rotatable bonds is 5. The van der Waals surface area contributed by atoms with Crippen molar-refractivity contribution < 1.29 is 0 Å². The van der Waals surface area contributed by atoms with Crippen LogP contribution in [0.5, 0.6) is 0 Å². The number of alkyl halides is 1. The summed E-state index contributed by atoms with van der Waals surface area (Å²) in [5.74, 6) is 0.435. The summed E-state index contributed by atoms with van der Waals surface area (Å²) >= 11 is 5.87. The van der Waals surface area contributed by atoms with Crippen molar-refractivity contribution in [3.05, 3.63) is 47.3 Å². The lowest BCUT2D eigenvalue weighted by molar-refractivity contribution is 0.613. The molecule has 1 heterocycles. The zero-order chi connectivity index (χ0) is 12.1. The van der Waals surface area contributed by atoms with Crippen LogP contribution >= 0.6 is 11.6 Å². The Hall–Kier alpha value is -1.35. The lowest BCUT2D eigenvalue weighted by Crippen LogP contribution is -2.07. The maximum absolute atomic E-state index is 5.87. The molecular formula is C13H16ClN3. The first kappa shape index (κ1) is 12.1. The number of nitrogens with zero attached hydrogens (tertiary/aromatic N) is 3. The molecule has 4 heteroatoms. The van der Waals surface area contributed by atoms with Crippen LogP contribution in [0.4, 0.5) is 0 Å². The first-order valence-electron chi connectivity index (χ1n) is 5.86. The maximum atomic E-state index is 5.87. The molecule has 0 aliphatic rings. The van der Waals surface area contributed by atoms with Gasteiger partial charge in [-0.2, -0.15) is 0 Å². The Morgan fingerprint density at radius 1 is 1.24 bits per heavy atom. The van der Waals surface area contributed by atoms with Crippen molar-refractivity contribution in [3.63, 3.8) is 0 Å². The zero-order valence-corrected chi connectivity index (χ0v) is 10.7. The van der Waals surface area contributed by atoms with Gasteiger partial charge in [-0.25, -0.2) is 4.68 Å². The molecule has 0 saturated heterocycles. The van der Waals surface area contributed by atoms with Crippen molar-refractivity contribution in [1.29, 1.82) is 0 Å². The summed E-state index contributed by atoms with van der Waals surface area (Å²) in [6.07, 6.45) is 2.05. The van der Waals surface area contributed by atoms with Crippen LogP contribution < -0.4 is 0 Å². The second-order valence-electron chi connectivity index (χ2n) is 4.01. The van der Waals surface area contributed by atoms with Crippen LogP contribution in [0.3, 0.4) is 0 Å². The van der Waals surface area contributed by atoms with Crippen molar-refractivity contribution in [2.24, 2.45) is 0 Å². The Labute approximate surface area is 106 Å². The van der Waals surface area contributed by atoms with Gasteiger partial charge >= 0.3 is 0 Å². The second kappa shape index (κ2) is 5.82. The minimum absolute atomic E-state index is 0.435. The minimum Gasteiger partial charge on any atom is -0.245 e. The number of halogens is 1. The summed E-state index contributed by atoms with van der Waals surface area (Å²) in [4.78, 5) is 0. The number of hydrogen-bond acceptors (Lipinski definition) is 2. The van der Waals surface area contributed by atoms with E-state index >= 15 is 0 Å². The third-order valence-corrected chi connectivity index (χ3v) is 2.96. The van der Waals surface area contributed by atoms with Crippen LogP contribution in [0.15, 0.2) is 30.3 Å². The third-order valence-electron chi connectivity index (χ3n) is 2.71. The number of benzene rings is 1. The van der Waals surface area contributed by atoms with Crippen LogP contribution in [-0.2, 0) is 18.8 Å². The van der Waals surface area contributed by atoms with E-state index in [-0.39, 0.29) is 0 Å². The highest BCUT2D eigenvalue weighted by molar-refractivity contribution is 6.16. The molecule has 0 unspecified atom stereocenters. The molecule has 0 N–H and O–H groups in total. The van der Waals surface area contributed by atoms with Gasteiger partial charge in [-0.05, 0) is 12.0 Å². The van der Waals surface area contributed by atoms with E-state index in [9.17, 15) is 0 Å². The Morgan fingerprint density at radius 3 is 2.65 bits per heavy atom. The van der Waals surface area contributed by atoms with Gasteiger partial charge in [0.05, 0.1) is 18.1 Å².